The van der Waals surface area contributed by atoms with Gasteiger partial charge in [0.2, 0.25) is 17.7 Å². The van der Waals surface area contributed by atoms with Crippen LogP contribution in [0.3, 0.4) is 0 Å². The Morgan fingerprint density at radius 2 is 1.86 bits per heavy atom. The Morgan fingerprint density at radius 3 is 2.57 bits per heavy atom. The van der Waals surface area contributed by atoms with Crippen LogP contribution in [0.1, 0.15) is 54.6 Å². The predicted molar refractivity (Wildman–Crippen MR) is 166 cm³/mol. The molecule has 0 saturated carbocycles. The van der Waals surface area contributed by atoms with Gasteiger partial charge in [0.25, 0.3) is 5.91 Å². The summed E-state index contributed by atoms with van der Waals surface area (Å²) in [6.45, 7) is 3.81. The molecule has 0 spiro atoms. The average Bonchev–Trinajstić information content (AvgIpc) is 3.29. The first kappa shape index (κ1) is 32.9. The van der Waals surface area contributed by atoms with E-state index in [1.165, 1.54) is 31.4 Å². The molecule has 2 aromatic rings. The molecular formula is C30H34N4O8S2. The Balaban J connectivity index is 1.22. The van der Waals surface area contributed by atoms with Gasteiger partial charge in [-0.05, 0) is 38.0 Å². The number of carbonyl (C=O) groups excluding carboxylic acids is 5. The highest BCUT2D eigenvalue weighted by atomic mass is 33.1. The van der Waals surface area contributed by atoms with Gasteiger partial charge in [-0.15, -0.1) is 0 Å². The van der Waals surface area contributed by atoms with E-state index in [0.29, 0.717) is 22.6 Å². The molecule has 44 heavy (non-hydrogen) atoms. The number of rotatable bonds is 13. The van der Waals surface area contributed by atoms with Crippen LogP contribution in [0.25, 0.3) is 0 Å². The Labute approximate surface area is 262 Å². The molecule has 4 rings (SSSR count). The molecule has 2 heterocycles. The van der Waals surface area contributed by atoms with Crippen molar-refractivity contribution < 1.29 is 38.6 Å². The summed E-state index contributed by atoms with van der Waals surface area (Å²) in [4.78, 5) is 76.4. The first-order valence-electron chi connectivity index (χ1n) is 14.0. The lowest BCUT2D eigenvalue weighted by Crippen LogP contribution is -2.52. The number of ether oxygens (including phenoxy) is 1. The van der Waals surface area contributed by atoms with Crippen molar-refractivity contribution in [1.82, 2.24) is 15.1 Å². The monoisotopic (exact) mass is 642 g/mol. The first-order chi connectivity index (χ1) is 20.9. The van der Waals surface area contributed by atoms with Gasteiger partial charge in [0.05, 0.1) is 0 Å². The van der Waals surface area contributed by atoms with E-state index < -0.39 is 35.3 Å². The lowest BCUT2D eigenvalue weighted by molar-refractivity contribution is -0.145. The van der Waals surface area contributed by atoms with E-state index in [0.717, 1.165) is 5.56 Å². The fourth-order valence-corrected chi connectivity index (χ4v) is 7.25. The lowest BCUT2D eigenvalue weighted by Gasteiger charge is -2.29. The molecule has 2 aliphatic rings. The SMILES string of the molecule is CC(C)(CC(=O)N(CC(=O)O)Cc1ccccc1)SSCCOC(=O)Nc1cccc2c1CN(C1CCC(=O)NC1=O)C2=O. The van der Waals surface area contributed by atoms with E-state index >= 15 is 0 Å². The highest BCUT2D eigenvalue weighted by Crippen LogP contribution is 2.38. The summed E-state index contributed by atoms with van der Waals surface area (Å²) in [6, 6.07) is 13.4. The highest BCUT2D eigenvalue weighted by molar-refractivity contribution is 8.77. The average molecular weight is 643 g/mol. The summed E-state index contributed by atoms with van der Waals surface area (Å²) in [7, 11) is 2.88. The number of hydrogen-bond acceptors (Lipinski definition) is 9. The van der Waals surface area contributed by atoms with Crippen molar-refractivity contribution in [2.24, 2.45) is 0 Å². The zero-order chi connectivity index (χ0) is 31.9. The molecule has 1 fully saturated rings. The molecule has 2 aliphatic heterocycles. The van der Waals surface area contributed by atoms with E-state index in [-0.39, 0.29) is 56.7 Å². The Kier molecular flexibility index (Phi) is 10.9. The molecule has 0 aromatic heterocycles. The number of fused-ring (bicyclic) bond motifs is 1. The zero-order valence-electron chi connectivity index (χ0n) is 24.4. The minimum Gasteiger partial charge on any atom is -0.480 e. The van der Waals surface area contributed by atoms with Crippen LogP contribution in [-0.4, -0.2) is 80.3 Å². The standard InChI is InChI=1S/C30H34N4O8S2/c1-30(2,15-25(36)33(18-26(37)38)16-19-7-4-3-5-8-19)44-43-14-13-42-29(41)31-22-10-6-9-20-21(22)17-34(28(20)40)23-11-12-24(35)32-27(23)39/h3-10,23H,11-18H2,1-2H3,(H,31,41)(H,37,38)(H,32,35,39). The van der Waals surface area contributed by atoms with Gasteiger partial charge in [-0.1, -0.05) is 58.0 Å². The summed E-state index contributed by atoms with van der Waals surface area (Å²) < 4.78 is 4.81. The van der Waals surface area contributed by atoms with Crippen LogP contribution >= 0.6 is 21.6 Å². The Hall–Kier alpha value is -4.04. The van der Waals surface area contributed by atoms with Crippen molar-refractivity contribution in [2.75, 3.05) is 24.2 Å². The van der Waals surface area contributed by atoms with E-state index in [1.807, 2.05) is 44.2 Å². The minimum atomic E-state index is -1.08. The second-order valence-corrected chi connectivity index (χ2v) is 14.1. The fraction of sp³-hybridized carbons (Fsp3) is 0.400. The van der Waals surface area contributed by atoms with Crippen LogP contribution in [0.15, 0.2) is 48.5 Å². The molecule has 0 bridgehead atoms. The van der Waals surface area contributed by atoms with Gasteiger partial charge >= 0.3 is 12.1 Å². The number of piperidine rings is 1. The van der Waals surface area contributed by atoms with Crippen LogP contribution in [0.4, 0.5) is 10.5 Å². The van der Waals surface area contributed by atoms with E-state index in [9.17, 15) is 33.9 Å². The van der Waals surface area contributed by atoms with Crippen LogP contribution in [0.2, 0.25) is 0 Å². The van der Waals surface area contributed by atoms with Crippen molar-refractivity contribution in [3.05, 3.63) is 65.2 Å². The quantitative estimate of drug-likeness (QED) is 0.167. The largest absolute Gasteiger partial charge is 0.480 e. The number of hydrogen-bond donors (Lipinski definition) is 3. The smallest absolute Gasteiger partial charge is 0.411 e. The third-order valence-electron chi connectivity index (χ3n) is 6.98. The second-order valence-electron chi connectivity index (χ2n) is 11.0. The number of carboxylic acid groups (broad SMARTS) is 1. The van der Waals surface area contributed by atoms with E-state index in [2.05, 4.69) is 10.6 Å². The number of benzene rings is 2. The second kappa shape index (κ2) is 14.6. The molecule has 5 amide bonds. The number of amides is 5. The van der Waals surface area contributed by atoms with E-state index in [4.69, 9.17) is 4.74 Å². The van der Waals surface area contributed by atoms with Crippen LogP contribution in [0, 0.1) is 0 Å². The third kappa shape index (κ3) is 8.76. The number of aliphatic carboxylic acids is 1. The first-order valence-corrected chi connectivity index (χ1v) is 16.3. The zero-order valence-corrected chi connectivity index (χ0v) is 26.0. The van der Waals surface area contributed by atoms with Crippen molar-refractivity contribution in [2.45, 2.75) is 57.0 Å². The Morgan fingerprint density at radius 1 is 1.11 bits per heavy atom. The number of carbonyl (C=O) groups is 6. The summed E-state index contributed by atoms with van der Waals surface area (Å²) in [5.41, 5.74) is 2.19. The number of carboxylic acids is 1. The molecule has 1 unspecified atom stereocenters. The van der Waals surface area contributed by atoms with Gasteiger partial charge in [-0.3, -0.25) is 34.6 Å². The summed E-state index contributed by atoms with van der Waals surface area (Å²) in [5.74, 6) is -2.13. The number of nitrogens with one attached hydrogen (secondary N) is 2. The molecule has 234 valence electrons. The number of anilines is 1. The summed E-state index contributed by atoms with van der Waals surface area (Å²) in [5, 5.41) is 14.2. The summed E-state index contributed by atoms with van der Waals surface area (Å²) >= 11 is 0. The van der Waals surface area contributed by atoms with Crippen LogP contribution in [-0.2, 0) is 37.0 Å². The maximum Gasteiger partial charge on any atom is 0.411 e. The molecule has 1 saturated heterocycles. The highest BCUT2D eigenvalue weighted by Gasteiger charge is 2.40. The molecule has 3 N–H and O–H groups in total. The molecule has 0 aliphatic carbocycles. The van der Waals surface area contributed by atoms with Crippen molar-refractivity contribution in [1.29, 1.82) is 0 Å². The molecule has 0 radical (unpaired) electrons. The normalized spacial score (nSPS) is 16.3. The molecule has 1 atom stereocenters. The predicted octanol–water partition coefficient (Wildman–Crippen LogP) is 3.66. The third-order valence-corrected chi connectivity index (χ3v) is 10.2. The molecule has 2 aromatic carbocycles. The number of imide groups is 1. The topological polar surface area (TPSA) is 162 Å². The van der Waals surface area contributed by atoms with Crippen molar-refractivity contribution in [3.8, 4) is 0 Å². The maximum atomic E-state index is 13.0. The molecule has 12 nitrogen and oxygen atoms in total. The van der Waals surface area contributed by atoms with Gasteiger partial charge in [0.1, 0.15) is 19.2 Å². The van der Waals surface area contributed by atoms with Crippen LogP contribution in [0.5, 0.6) is 0 Å². The molecule has 14 heteroatoms. The van der Waals surface area contributed by atoms with E-state index in [1.54, 1.807) is 18.2 Å². The fourth-order valence-electron chi connectivity index (χ4n) is 4.92. The van der Waals surface area contributed by atoms with Gasteiger partial charge in [-0.25, -0.2) is 4.79 Å². The van der Waals surface area contributed by atoms with Gasteiger partial charge < -0.3 is 19.6 Å². The van der Waals surface area contributed by atoms with Gasteiger partial charge in [0, 0.05) is 53.2 Å². The van der Waals surface area contributed by atoms with Crippen molar-refractivity contribution in [3.63, 3.8) is 0 Å². The molecular weight excluding hydrogens is 608 g/mol. The lowest BCUT2D eigenvalue weighted by atomic mass is 10.0. The maximum absolute atomic E-state index is 13.0. The van der Waals surface area contributed by atoms with Gasteiger partial charge in [-0.2, -0.15) is 0 Å². The Bertz CT molecular complexity index is 1440. The van der Waals surface area contributed by atoms with Crippen molar-refractivity contribution >= 4 is 63.0 Å². The number of nitrogens with zero attached hydrogens (tertiary/aromatic N) is 2. The summed E-state index contributed by atoms with van der Waals surface area (Å²) in [6.07, 6.45) is -0.186. The minimum absolute atomic E-state index is 0.0863. The van der Waals surface area contributed by atoms with Gasteiger partial charge in [0.15, 0.2) is 0 Å². The van der Waals surface area contributed by atoms with Crippen LogP contribution < -0.4 is 10.6 Å².